The molecule has 2 aromatic carbocycles. The van der Waals surface area contributed by atoms with Gasteiger partial charge >= 0.3 is 5.76 Å². The molecule has 178 valence electrons. The molecular weight excluding hydrogens is 486 g/mol. The minimum absolute atomic E-state index is 0.167. The molecule has 11 heteroatoms. The van der Waals surface area contributed by atoms with Crippen molar-refractivity contribution < 1.29 is 14.1 Å². The van der Waals surface area contributed by atoms with E-state index in [0.717, 1.165) is 0 Å². The molecule has 0 bridgehead atoms. The number of nitriles is 1. The largest absolute Gasteiger partial charge is 0.439 e. The summed E-state index contributed by atoms with van der Waals surface area (Å²) in [5.41, 5.74) is 2.38. The quantitative estimate of drug-likeness (QED) is 0.426. The molecular formula is C25H16ClN5O5. The van der Waals surface area contributed by atoms with Crippen molar-refractivity contribution in [1.82, 2.24) is 14.7 Å². The molecule has 0 spiro atoms. The number of carbonyl (C=O) groups is 2. The molecule has 0 saturated carbocycles. The number of rotatable bonds is 5. The van der Waals surface area contributed by atoms with Crippen LogP contribution >= 0.6 is 11.6 Å². The molecule has 10 nitrogen and oxygen atoms in total. The SMILES string of the molecule is N#Cc1ccc(Cl)cc1-c1cc(=O)n(CC(=O)Nc2ccc(-c3noc(=O)[nH]3)cc2)c2c1C(=O)CC2. The second-order valence-corrected chi connectivity index (χ2v) is 8.53. The zero-order valence-electron chi connectivity index (χ0n) is 18.5. The number of nitrogens with zero attached hydrogens (tertiary/aromatic N) is 3. The van der Waals surface area contributed by atoms with Crippen molar-refractivity contribution in [2.24, 2.45) is 0 Å². The van der Waals surface area contributed by atoms with E-state index in [2.05, 4.69) is 26.0 Å². The lowest BCUT2D eigenvalue weighted by atomic mass is 9.95. The number of carbonyl (C=O) groups excluding carboxylic acids is 2. The Hall–Kier alpha value is -4.75. The third kappa shape index (κ3) is 4.23. The molecule has 2 heterocycles. The second-order valence-electron chi connectivity index (χ2n) is 8.10. The van der Waals surface area contributed by atoms with Crippen molar-refractivity contribution in [3.05, 3.63) is 91.3 Å². The molecule has 0 fully saturated rings. The first-order valence-electron chi connectivity index (χ1n) is 10.8. The maximum absolute atomic E-state index is 13.1. The van der Waals surface area contributed by atoms with E-state index in [4.69, 9.17) is 11.6 Å². The summed E-state index contributed by atoms with van der Waals surface area (Å²) in [5.74, 6) is -1.05. The van der Waals surface area contributed by atoms with Crippen LogP contribution in [0.4, 0.5) is 5.69 Å². The van der Waals surface area contributed by atoms with E-state index >= 15 is 0 Å². The molecule has 0 aliphatic heterocycles. The summed E-state index contributed by atoms with van der Waals surface area (Å²) in [6, 6.07) is 14.5. The Morgan fingerprint density at radius 3 is 2.58 bits per heavy atom. The molecule has 4 aromatic rings. The van der Waals surface area contributed by atoms with E-state index in [9.17, 15) is 24.4 Å². The van der Waals surface area contributed by atoms with Crippen molar-refractivity contribution in [3.8, 4) is 28.6 Å². The summed E-state index contributed by atoms with van der Waals surface area (Å²) in [4.78, 5) is 52.2. The van der Waals surface area contributed by atoms with Crippen molar-refractivity contribution in [2.75, 3.05) is 5.32 Å². The fraction of sp³-hybridized carbons (Fsp3) is 0.120. The highest BCUT2D eigenvalue weighted by atomic mass is 35.5. The maximum atomic E-state index is 13.1. The van der Waals surface area contributed by atoms with Gasteiger partial charge < -0.3 is 9.88 Å². The van der Waals surface area contributed by atoms with Crippen LogP contribution in [0.3, 0.4) is 0 Å². The predicted molar refractivity (Wildman–Crippen MR) is 130 cm³/mol. The minimum Gasteiger partial charge on any atom is -0.325 e. The number of fused-ring (bicyclic) bond motifs is 1. The fourth-order valence-electron chi connectivity index (χ4n) is 4.26. The summed E-state index contributed by atoms with van der Waals surface area (Å²) < 4.78 is 5.76. The van der Waals surface area contributed by atoms with Crippen LogP contribution in [0.25, 0.3) is 22.5 Å². The Bertz CT molecular complexity index is 1690. The number of benzene rings is 2. The number of nitrogens with one attached hydrogen (secondary N) is 2. The molecule has 0 radical (unpaired) electrons. The molecule has 0 atom stereocenters. The van der Waals surface area contributed by atoms with Crippen LogP contribution in [0.2, 0.25) is 5.02 Å². The highest BCUT2D eigenvalue weighted by Gasteiger charge is 2.29. The van der Waals surface area contributed by atoms with Gasteiger partial charge in [0.2, 0.25) is 5.91 Å². The number of aromatic amines is 1. The summed E-state index contributed by atoms with van der Waals surface area (Å²) >= 11 is 6.12. The van der Waals surface area contributed by atoms with Crippen LogP contribution < -0.4 is 16.6 Å². The number of amides is 1. The van der Waals surface area contributed by atoms with Crippen LogP contribution in [0.1, 0.15) is 28.0 Å². The van der Waals surface area contributed by atoms with Crippen LogP contribution in [0.5, 0.6) is 0 Å². The van der Waals surface area contributed by atoms with E-state index in [1.807, 2.05) is 0 Å². The number of anilines is 1. The number of ketones is 1. The second kappa shape index (κ2) is 9.13. The fourth-order valence-corrected chi connectivity index (χ4v) is 4.43. The monoisotopic (exact) mass is 501 g/mol. The van der Waals surface area contributed by atoms with Gasteiger partial charge in [0.15, 0.2) is 11.6 Å². The third-order valence-electron chi connectivity index (χ3n) is 5.86. The highest BCUT2D eigenvalue weighted by molar-refractivity contribution is 6.31. The van der Waals surface area contributed by atoms with Crippen LogP contribution in [0, 0.1) is 11.3 Å². The van der Waals surface area contributed by atoms with E-state index < -0.39 is 17.2 Å². The molecule has 1 aliphatic rings. The molecule has 2 N–H and O–H groups in total. The number of H-pyrrole nitrogens is 1. The zero-order chi connectivity index (χ0) is 25.4. The standard InChI is InChI=1S/C25H16ClN5O5/c26-15-4-1-14(11-27)17(9-15)18-10-22(34)31(19-7-8-20(32)23(18)19)12-21(33)28-16-5-2-13(3-6-16)24-29-25(35)36-30-24/h1-6,9-10H,7-8,12H2,(H,28,33)(H,29,30,35). The molecule has 36 heavy (non-hydrogen) atoms. The molecule has 0 saturated heterocycles. The average molecular weight is 502 g/mol. The van der Waals surface area contributed by atoms with Gasteiger partial charge in [-0.1, -0.05) is 16.8 Å². The third-order valence-corrected chi connectivity index (χ3v) is 6.10. The summed E-state index contributed by atoms with van der Waals surface area (Å²) in [5, 5.41) is 16.2. The number of pyridine rings is 1. The van der Waals surface area contributed by atoms with E-state index in [-0.39, 0.29) is 30.1 Å². The number of aromatic nitrogens is 3. The normalized spacial score (nSPS) is 12.3. The maximum Gasteiger partial charge on any atom is 0.439 e. The molecule has 0 unspecified atom stereocenters. The van der Waals surface area contributed by atoms with Crippen LogP contribution in [-0.2, 0) is 17.8 Å². The van der Waals surface area contributed by atoms with Crippen molar-refractivity contribution >= 4 is 29.0 Å². The Balaban J connectivity index is 1.44. The first kappa shape index (κ1) is 23.0. The van der Waals surface area contributed by atoms with Crippen molar-refractivity contribution in [3.63, 3.8) is 0 Å². The summed E-state index contributed by atoms with van der Waals surface area (Å²) in [7, 11) is 0. The topological polar surface area (TPSA) is 151 Å². The molecule has 2 aromatic heterocycles. The highest BCUT2D eigenvalue weighted by Crippen LogP contribution is 2.34. The van der Waals surface area contributed by atoms with Gasteiger partial charge in [0.25, 0.3) is 5.56 Å². The number of halogens is 1. The number of hydrogen-bond acceptors (Lipinski definition) is 7. The lowest BCUT2D eigenvalue weighted by Crippen LogP contribution is -2.30. The molecule has 5 rings (SSSR count). The van der Waals surface area contributed by atoms with E-state index in [1.54, 1.807) is 36.4 Å². The Morgan fingerprint density at radius 2 is 1.89 bits per heavy atom. The first-order chi connectivity index (χ1) is 17.3. The first-order valence-corrected chi connectivity index (χ1v) is 11.2. The van der Waals surface area contributed by atoms with Gasteiger partial charge in [-0.25, -0.2) is 4.79 Å². The van der Waals surface area contributed by atoms with Gasteiger partial charge in [0.1, 0.15) is 6.54 Å². The molecule has 1 amide bonds. The van der Waals surface area contributed by atoms with Gasteiger partial charge in [-0.15, -0.1) is 0 Å². The number of Topliss-reactive ketones (excluding diaryl/α,β-unsaturated/α-hetero) is 1. The van der Waals surface area contributed by atoms with Gasteiger partial charge in [-0.05, 0) is 48.9 Å². The van der Waals surface area contributed by atoms with Crippen LogP contribution in [-0.4, -0.2) is 26.4 Å². The van der Waals surface area contributed by atoms with E-state index in [1.165, 1.54) is 16.7 Å². The van der Waals surface area contributed by atoms with Crippen molar-refractivity contribution in [2.45, 2.75) is 19.4 Å². The minimum atomic E-state index is -0.677. The lowest BCUT2D eigenvalue weighted by molar-refractivity contribution is -0.116. The van der Waals surface area contributed by atoms with Gasteiger partial charge in [0.05, 0.1) is 11.6 Å². The average Bonchev–Trinajstić information content (AvgIpc) is 3.47. The lowest BCUT2D eigenvalue weighted by Gasteiger charge is -2.16. The predicted octanol–water partition coefficient (Wildman–Crippen LogP) is 3.15. The smallest absolute Gasteiger partial charge is 0.325 e. The van der Waals surface area contributed by atoms with Crippen LogP contribution in [0.15, 0.2) is 62.6 Å². The Morgan fingerprint density at radius 1 is 1.11 bits per heavy atom. The van der Waals surface area contributed by atoms with Gasteiger partial charge in [-0.3, -0.25) is 23.9 Å². The van der Waals surface area contributed by atoms with Gasteiger partial charge in [-0.2, -0.15) is 5.26 Å². The summed E-state index contributed by atoms with van der Waals surface area (Å²) in [6.45, 7) is -0.298. The molecule has 1 aliphatic carbocycles. The summed E-state index contributed by atoms with van der Waals surface area (Å²) in [6.07, 6.45) is 0.499. The Kier molecular flexibility index (Phi) is 5.83. The number of hydrogen-bond donors (Lipinski definition) is 2. The van der Waals surface area contributed by atoms with E-state index in [0.29, 0.717) is 45.1 Å². The Labute approximate surface area is 207 Å². The zero-order valence-corrected chi connectivity index (χ0v) is 19.3. The van der Waals surface area contributed by atoms with Crippen molar-refractivity contribution in [1.29, 1.82) is 5.26 Å². The van der Waals surface area contributed by atoms with Gasteiger partial charge in [0, 0.05) is 51.1 Å².